The van der Waals surface area contributed by atoms with Gasteiger partial charge in [0.25, 0.3) is 0 Å². The van der Waals surface area contributed by atoms with E-state index in [-0.39, 0.29) is 5.91 Å². The average molecular weight is 311 g/mol. The molecule has 23 heavy (non-hydrogen) atoms. The highest BCUT2D eigenvalue weighted by molar-refractivity contribution is 5.94. The molecule has 0 aliphatic carbocycles. The molecule has 8 nitrogen and oxygen atoms in total. The topological polar surface area (TPSA) is 109 Å². The van der Waals surface area contributed by atoms with Crippen LogP contribution < -0.4 is 10.6 Å². The predicted molar refractivity (Wildman–Crippen MR) is 85.0 cm³/mol. The summed E-state index contributed by atoms with van der Waals surface area (Å²) in [5, 5.41) is 15.5. The third kappa shape index (κ3) is 2.95. The Kier molecular flexibility index (Phi) is 3.63. The van der Waals surface area contributed by atoms with Gasteiger partial charge in [0.15, 0.2) is 5.65 Å². The zero-order valence-electron chi connectivity index (χ0n) is 12.1. The van der Waals surface area contributed by atoms with Crippen molar-refractivity contribution in [3.8, 4) is 0 Å². The molecule has 0 spiro atoms. The van der Waals surface area contributed by atoms with E-state index in [1.807, 2.05) is 6.07 Å². The minimum atomic E-state index is -1.11. The van der Waals surface area contributed by atoms with Crippen molar-refractivity contribution in [1.29, 1.82) is 0 Å². The Bertz CT molecular complexity index is 903. The Morgan fingerprint density at radius 3 is 2.70 bits per heavy atom. The van der Waals surface area contributed by atoms with Crippen molar-refractivity contribution in [1.82, 2.24) is 14.5 Å². The molecule has 0 atom stereocenters. The van der Waals surface area contributed by atoms with Gasteiger partial charge in [-0.25, -0.2) is 19.3 Å². The second-order valence-electron chi connectivity index (χ2n) is 4.81. The van der Waals surface area contributed by atoms with Crippen molar-refractivity contribution < 1.29 is 14.7 Å². The summed E-state index contributed by atoms with van der Waals surface area (Å²) in [5.74, 6) is 0.320. The van der Waals surface area contributed by atoms with Crippen LogP contribution in [0.1, 0.15) is 6.92 Å². The number of fused-ring (bicyclic) bond motifs is 1. The fourth-order valence-corrected chi connectivity index (χ4v) is 2.22. The number of nitrogens with zero attached hydrogens (tertiary/aromatic N) is 3. The maximum Gasteiger partial charge on any atom is 0.417 e. The van der Waals surface area contributed by atoms with E-state index < -0.39 is 6.09 Å². The molecule has 3 rings (SSSR count). The van der Waals surface area contributed by atoms with E-state index in [1.165, 1.54) is 19.4 Å². The molecule has 0 aliphatic heterocycles. The number of rotatable bonds is 3. The number of hydrogen-bond donors (Lipinski definition) is 3. The molecular weight excluding hydrogens is 298 g/mol. The van der Waals surface area contributed by atoms with Gasteiger partial charge in [0.2, 0.25) is 5.91 Å². The first-order chi connectivity index (χ1) is 11.0. The monoisotopic (exact) mass is 311 g/mol. The number of aromatic nitrogens is 3. The number of amides is 1. The van der Waals surface area contributed by atoms with Crippen LogP contribution in [0.15, 0.2) is 42.9 Å². The molecular formula is C15H13N5O3. The lowest BCUT2D eigenvalue weighted by atomic mass is 10.2. The van der Waals surface area contributed by atoms with Crippen LogP contribution in [0.4, 0.5) is 22.0 Å². The second kappa shape index (κ2) is 5.76. The van der Waals surface area contributed by atoms with Crippen molar-refractivity contribution in [3.05, 3.63) is 42.9 Å². The molecule has 0 unspecified atom stereocenters. The van der Waals surface area contributed by atoms with E-state index in [0.717, 1.165) is 4.57 Å². The number of nitrogens with one attached hydrogen (secondary N) is 2. The summed E-state index contributed by atoms with van der Waals surface area (Å²) in [7, 11) is 0. The second-order valence-corrected chi connectivity index (χ2v) is 4.81. The highest BCUT2D eigenvalue weighted by Crippen LogP contribution is 2.25. The van der Waals surface area contributed by atoms with Crippen LogP contribution in [-0.4, -0.2) is 31.6 Å². The fourth-order valence-electron chi connectivity index (χ4n) is 2.22. The van der Waals surface area contributed by atoms with Crippen molar-refractivity contribution in [2.75, 3.05) is 10.6 Å². The molecule has 0 saturated heterocycles. The molecule has 0 fully saturated rings. The molecule has 3 N–H and O–H groups in total. The van der Waals surface area contributed by atoms with Gasteiger partial charge in [-0.2, -0.15) is 0 Å². The highest BCUT2D eigenvalue weighted by atomic mass is 16.4. The van der Waals surface area contributed by atoms with Crippen LogP contribution in [0.3, 0.4) is 0 Å². The van der Waals surface area contributed by atoms with Gasteiger partial charge in [-0.15, -0.1) is 0 Å². The van der Waals surface area contributed by atoms with Crippen molar-refractivity contribution in [3.63, 3.8) is 0 Å². The van der Waals surface area contributed by atoms with E-state index in [0.29, 0.717) is 28.2 Å². The standard InChI is InChI=1S/C15H13N5O3/c1-9(21)18-10-3-2-4-11(7-10)19-13-12-5-6-20(15(22)23)14(12)17-8-16-13/h2-8H,1H3,(H,18,21)(H,22,23)(H,16,17,19). The van der Waals surface area contributed by atoms with Gasteiger partial charge >= 0.3 is 6.09 Å². The van der Waals surface area contributed by atoms with Crippen LogP contribution in [0.2, 0.25) is 0 Å². The molecule has 2 aromatic heterocycles. The van der Waals surface area contributed by atoms with Gasteiger partial charge in [0.05, 0.1) is 5.39 Å². The van der Waals surface area contributed by atoms with Crippen molar-refractivity contribution >= 4 is 40.2 Å². The van der Waals surface area contributed by atoms with Gasteiger partial charge in [0, 0.05) is 24.5 Å². The van der Waals surface area contributed by atoms with E-state index in [1.54, 1.807) is 24.3 Å². The van der Waals surface area contributed by atoms with E-state index in [9.17, 15) is 9.59 Å². The smallest absolute Gasteiger partial charge is 0.417 e. The minimum absolute atomic E-state index is 0.162. The molecule has 0 saturated carbocycles. The molecule has 3 aromatic rings. The van der Waals surface area contributed by atoms with Crippen molar-refractivity contribution in [2.45, 2.75) is 6.92 Å². The fraction of sp³-hybridized carbons (Fsp3) is 0.0667. The zero-order chi connectivity index (χ0) is 16.4. The van der Waals surface area contributed by atoms with E-state index in [2.05, 4.69) is 20.6 Å². The average Bonchev–Trinajstić information content (AvgIpc) is 2.92. The summed E-state index contributed by atoms with van der Waals surface area (Å²) in [4.78, 5) is 30.4. The first-order valence-electron chi connectivity index (χ1n) is 6.74. The molecule has 0 radical (unpaired) electrons. The first kappa shape index (κ1) is 14.5. The predicted octanol–water partition coefficient (Wildman–Crippen LogP) is 2.66. The minimum Gasteiger partial charge on any atom is -0.464 e. The molecule has 2 heterocycles. The van der Waals surface area contributed by atoms with Gasteiger partial charge < -0.3 is 15.7 Å². The molecule has 1 aromatic carbocycles. The molecule has 116 valence electrons. The van der Waals surface area contributed by atoms with Gasteiger partial charge in [0.1, 0.15) is 12.1 Å². The number of anilines is 3. The lowest BCUT2D eigenvalue weighted by molar-refractivity contribution is -0.114. The molecule has 1 amide bonds. The summed E-state index contributed by atoms with van der Waals surface area (Å²) in [5.41, 5.74) is 1.66. The maximum atomic E-state index is 11.1. The molecule has 0 bridgehead atoms. The molecule has 0 aliphatic rings. The summed E-state index contributed by atoms with van der Waals surface area (Å²) in [6, 6.07) is 8.75. The number of carbonyl (C=O) groups is 2. The summed E-state index contributed by atoms with van der Waals surface area (Å²) in [6.07, 6.45) is 1.60. The zero-order valence-corrected chi connectivity index (χ0v) is 12.1. The van der Waals surface area contributed by atoms with Crippen LogP contribution >= 0.6 is 0 Å². The SMILES string of the molecule is CC(=O)Nc1cccc(Nc2ncnc3c2ccn3C(=O)O)c1. The van der Waals surface area contributed by atoms with Gasteiger partial charge in [-0.05, 0) is 24.3 Å². The molecule has 8 heteroatoms. The van der Waals surface area contributed by atoms with Crippen LogP contribution in [0, 0.1) is 0 Å². The number of benzene rings is 1. The number of carbonyl (C=O) groups excluding carboxylic acids is 1. The largest absolute Gasteiger partial charge is 0.464 e. The van der Waals surface area contributed by atoms with Gasteiger partial charge in [-0.3, -0.25) is 4.79 Å². The van der Waals surface area contributed by atoms with E-state index in [4.69, 9.17) is 5.11 Å². The van der Waals surface area contributed by atoms with Crippen LogP contribution in [0.25, 0.3) is 11.0 Å². The van der Waals surface area contributed by atoms with Crippen LogP contribution in [0.5, 0.6) is 0 Å². The first-order valence-corrected chi connectivity index (χ1v) is 6.74. The Balaban J connectivity index is 1.96. The van der Waals surface area contributed by atoms with Gasteiger partial charge in [-0.1, -0.05) is 6.07 Å². The Labute approximate surface area is 130 Å². The highest BCUT2D eigenvalue weighted by Gasteiger charge is 2.12. The normalized spacial score (nSPS) is 10.5. The Morgan fingerprint density at radius 1 is 1.17 bits per heavy atom. The van der Waals surface area contributed by atoms with Crippen molar-refractivity contribution in [2.24, 2.45) is 0 Å². The third-order valence-corrected chi connectivity index (χ3v) is 3.13. The Morgan fingerprint density at radius 2 is 1.96 bits per heavy atom. The number of carboxylic acid groups (broad SMARTS) is 1. The Hall–Kier alpha value is -3.42. The van der Waals surface area contributed by atoms with Crippen LogP contribution in [-0.2, 0) is 4.79 Å². The quantitative estimate of drug-likeness (QED) is 0.686. The summed E-state index contributed by atoms with van der Waals surface area (Å²) < 4.78 is 1.02. The number of hydrogen-bond acceptors (Lipinski definition) is 5. The lowest BCUT2D eigenvalue weighted by Gasteiger charge is -2.09. The summed E-state index contributed by atoms with van der Waals surface area (Å²) >= 11 is 0. The van der Waals surface area contributed by atoms with E-state index >= 15 is 0 Å². The lowest BCUT2D eigenvalue weighted by Crippen LogP contribution is -2.07. The summed E-state index contributed by atoms with van der Waals surface area (Å²) in [6.45, 7) is 1.43. The maximum absolute atomic E-state index is 11.1. The third-order valence-electron chi connectivity index (χ3n) is 3.13.